The molecule has 122 valence electrons. The first-order valence-electron chi connectivity index (χ1n) is 7.10. The Balaban J connectivity index is 2.42. The average Bonchev–Trinajstić information content (AvgIpc) is 2.96. The smallest absolute Gasteiger partial charge is 0.329 e. The zero-order valence-electron chi connectivity index (χ0n) is 13.1. The van der Waals surface area contributed by atoms with Gasteiger partial charge in [-0.25, -0.2) is 4.79 Å². The SMILES string of the molecule is COCc1ccc(C=O)n1[C@@H](Cc1ccc(O)cc1)C(=O)OC. The van der Waals surface area contributed by atoms with Crippen LogP contribution in [0.15, 0.2) is 36.4 Å². The van der Waals surface area contributed by atoms with Gasteiger partial charge in [0.1, 0.15) is 11.8 Å². The molecule has 1 N–H and O–H groups in total. The van der Waals surface area contributed by atoms with Gasteiger partial charge in [0, 0.05) is 19.2 Å². The Bertz CT molecular complexity index is 675. The normalized spacial score (nSPS) is 11.9. The second kappa shape index (κ2) is 7.60. The van der Waals surface area contributed by atoms with Gasteiger partial charge in [0.25, 0.3) is 0 Å². The van der Waals surface area contributed by atoms with Crippen LogP contribution in [0.4, 0.5) is 0 Å². The highest BCUT2D eigenvalue weighted by molar-refractivity contribution is 5.78. The Morgan fingerprint density at radius 1 is 1.22 bits per heavy atom. The molecule has 0 bridgehead atoms. The summed E-state index contributed by atoms with van der Waals surface area (Å²) in [6, 6.07) is 9.27. The van der Waals surface area contributed by atoms with Crippen molar-refractivity contribution in [1.29, 1.82) is 0 Å². The van der Waals surface area contributed by atoms with Gasteiger partial charge in [0.2, 0.25) is 0 Å². The van der Waals surface area contributed by atoms with Crippen molar-refractivity contribution in [3.63, 3.8) is 0 Å². The molecular weight excluding hydrogens is 298 g/mol. The van der Waals surface area contributed by atoms with Crippen LogP contribution in [0.5, 0.6) is 5.75 Å². The lowest BCUT2D eigenvalue weighted by molar-refractivity contribution is -0.144. The van der Waals surface area contributed by atoms with Crippen LogP contribution in [-0.4, -0.2) is 36.1 Å². The molecule has 0 aliphatic heterocycles. The van der Waals surface area contributed by atoms with E-state index in [1.807, 2.05) is 0 Å². The number of methoxy groups -OCH3 is 2. The fraction of sp³-hybridized carbons (Fsp3) is 0.294. The molecule has 1 aromatic carbocycles. The summed E-state index contributed by atoms with van der Waals surface area (Å²) in [5, 5.41) is 9.37. The van der Waals surface area contributed by atoms with Crippen molar-refractivity contribution in [2.24, 2.45) is 0 Å². The fourth-order valence-electron chi connectivity index (χ4n) is 2.52. The number of aldehydes is 1. The monoisotopic (exact) mass is 317 g/mol. The van der Waals surface area contributed by atoms with E-state index in [-0.39, 0.29) is 12.4 Å². The van der Waals surface area contributed by atoms with E-state index in [4.69, 9.17) is 9.47 Å². The number of phenolic OH excluding ortho intramolecular Hbond substituents is 1. The first kappa shape index (κ1) is 16.8. The summed E-state index contributed by atoms with van der Waals surface area (Å²) in [7, 11) is 2.86. The first-order valence-corrected chi connectivity index (χ1v) is 7.10. The molecule has 23 heavy (non-hydrogen) atoms. The van der Waals surface area contributed by atoms with Gasteiger partial charge >= 0.3 is 5.97 Å². The van der Waals surface area contributed by atoms with Crippen LogP contribution in [0.2, 0.25) is 0 Å². The van der Waals surface area contributed by atoms with Crippen LogP contribution >= 0.6 is 0 Å². The largest absolute Gasteiger partial charge is 0.508 e. The van der Waals surface area contributed by atoms with Crippen LogP contribution in [0, 0.1) is 0 Å². The number of hydrogen-bond donors (Lipinski definition) is 1. The van der Waals surface area contributed by atoms with E-state index in [2.05, 4.69) is 0 Å². The topological polar surface area (TPSA) is 77.8 Å². The number of benzene rings is 1. The van der Waals surface area contributed by atoms with Gasteiger partial charge in [-0.05, 0) is 29.8 Å². The summed E-state index contributed by atoms with van der Waals surface area (Å²) in [4.78, 5) is 23.6. The van der Waals surface area contributed by atoms with Gasteiger partial charge in [-0.1, -0.05) is 12.1 Å². The number of rotatable bonds is 7. The molecule has 6 nitrogen and oxygen atoms in total. The Morgan fingerprint density at radius 2 is 1.91 bits per heavy atom. The minimum atomic E-state index is -0.690. The third kappa shape index (κ3) is 3.78. The third-order valence-corrected chi connectivity index (χ3v) is 3.60. The van der Waals surface area contributed by atoms with Crippen LogP contribution in [0.25, 0.3) is 0 Å². The minimum Gasteiger partial charge on any atom is -0.508 e. The molecular formula is C17H19NO5. The Morgan fingerprint density at radius 3 is 2.48 bits per heavy atom. The highest BCUT2D eigenvalue weighted by atomic mass is 16.5. The lowest BCUT2D eigenvalue weighted by Crippen LogP contribution is -2.26. The van der Waals surface area contributed by atoms with Gasteiger partial charge in [-0.3, -0.25) is 4.79 Å². The molecule has 0 unspecified atom stereocenters. The van der Waals surface area contributed by atoms with E-state index < -0.39 is 12.0 Å². The molecule has 0 spiro atoms. The van der Waals surface area contributed by atoms with Crippen molar-refractivity contribution in [1.82, 2.24) is 4.57 Å². The zero-order valence-corrected chi connectivity index (χ0v) is 13.1. The molecule has 0 aliphatic carbocycles. The van der Waals surface area contributed by atoms with Gasteiger partial charge in [0.05, 0.1) is 19.4 Å². The molecule has 1 heterocycles. The minimum absolute atomic E-state index is 0.151. The van der Waals surface area contributed by atoms with Crippen molar-refractivity contribution < 1.29 is 24.2 Å². The first-order chi connectivity index (χ1) is 11.1. The highest BCUT2D eigenvalue weighted by Crippen LogP contribution is 2.23. The van der Waals surface area contributed by atoms with Crippen LogP contribution in [-0.2, 0) is 27.3 Å². The maximum atomic E-state index is 12.3. The van der Waals surface area contributed by atoms with Gasteiger partial charge in [-0.2, -0.15) is 0 Å². The molecule has 0 amide bonds. The van der Waals surface area contributed by atoms with Crippen molar-refractivity contribution in [3.05, 3.63) is 53.3 Å². The number of phenols is 1. The van der Waals surface area contributed by atoms with E-state index >= 15 is 0 Å². The average molecular weight is 317 g/mol. The van der Waals surface area contributed by atoms with Crippen LogP contribution in [0.1, 0.15) is 27.8 Å². The van der Waals surface area contributed by atoms with Gasteiger partial charge < -0.3 is 19.1 Å². The molecule has 2 aromatic rings. The molecule has 0 radical (unpaired) electrons. The fourth-order valence-corrected chi connectivity index (χ4v) is 2.52. The number of aromatic nitrogens is 1. The lowest BCUT2D eigenvalue weighted by Gasteiger charge is -2.21. The van der Waals surface area contributed by atoms with Crippen molar-refractivity contribution in [2.45, 2.75) is 19.1 Å². The predicted molar refractivity (Wildman–Crippen MR) is 83.4 cm³/mol. The van der Waals surface area contributed by atoms with Crippen LogP contribution in [0.3, 0.4) is 0 Å². The quantitative estimate of drug-likeness (QED) is 0.625. The van der Waals surface area contributed by atoms with Crippen molar-refractivity contribution in [3.8, 4) is 5.75 Å². The lowest BCUT2D eigenvalue weighted by atomic mass is 10.0. The molecule has 0 aliphatic rings. The number of carbonyl (C=O) groups excluding carboxylic acids is 2. The standard InChI is InChI=1S/C17H19NO5/c1-22-11-14-6-5-13(10-19)18(14)16(17(21)23-2)9-12-3-7-15(20)8-4-12/h3-8,10,16,20H,9,11H2,1-2H3/t16-/m0/s1. The number of esters is 1. The molecule has 0 fully saturated rings. The second-order valence-electron chi connectivity index (χ2n) is 5.08. The highest BCUT2D eigenvalue weighted by Gasteiger charge is 2.26. The Kier molecular flexibility index (Phi) is 5.54. The summed E-state index contributed by atoms with van der Waals surface area (Å²) in [5.41, 5.74) is 1.93. The maximum absolute atomic E-state index is 12.3. The number of nitrogens with zero attached hydrogens (tertiary/aromatic N) is 1. The zero-order chi connectivity index (χ0) is 16.8. The van der Waals surface area contributed by atoms with E-state index in [9.17, 15) is 14.7 Å². The number of carbonyl (C=O) groups is 2. The van der Waals surface area contributed by atoms with Crippen LogP contribution < -0.4 is 0 Å². The molecule has 2 rings (SSSR count). The summed E-state index contributed by atoms with van der Waals surface area (Å²) in [5.74, 6) is -0.298. The molecule has 6 heteroatoms. The molecule has 1 aromatic heterocycles. The second-order valence-corrected chi connectivity index (χ2v) is 5.08. The number of hydrogen-bond acceptors (Lipinski definition) is 5. The maximum Gasteiger partial charge on any atom is 0.329 e. The van der Waals surface area contributed by atoms with E-state index in [0.717, 1.165) is 5.56 Å². The van der Waals surface area contributed by atoms with Crippen molar-refractivity contribution >= 4 is 12.3 Å². The number of aromatic hydroxyl groups is 1. The summed E-state index contributed by atoms with van der Waals surface area (Å²) >= 11 is 0. The van der Waals surface area contributed by atoms with Gasteiger partial charge in [0.15, 0.2) is 6.29 Å². The molecule has 0 saturated heterocycles. The summed E-state index contributed by atoms with van der Waals surface area (Å²) in [6.45, 7) is 0.275. The van der Waals surface area contributed by atoms with Crippen molar-refractivity contribution in [2.75, 3.05) is 14.2 Å². The van der Waals surface area contributed by atoms with E-state index in [1.165, 1.54) is 7.11 Å². The summed E-state index contributed by atoms with van der Waals surface area (Å²) in [6.07, 6.45) is 1.03. The van der Waals surface area contributed by atoms with E-state index in [0.29, 0.717) is 24.1 Å². The molecule has 0 saturated carbocycles. The Labute approximate surface area is 134 Å². The Hall–Kier alpha value is -2.60. The van der Waals surface area contributed by atoms with E-state index in [1.54, 1.807) is 48.1 Å². The third-order valence-electron chi connectivity index (χ3n) is 3.60. The van der Waals surface area contributed by atoms with Gasteiger partial charge in [-0.15, -0.1) is 0 Å². The number of ether oxygens (including phenoxy) is 2. The molecule has 1 atom stereocenters. The summed E-state index contributed by atoms with van der Waals surface area (Å²) < 4.78 is 11.7. The predicted octanol–water partition coefficient (Wildman–Crippen LogP) is 2.11.